The second-order valence-electron chi connectivity index (χ2n) is 3.83. The highest BCUT2D eigenvalue weighted by atomic mass is 28.4. The summed E-state index contributed by atoms with van der Waals surface area (Å²) in [4.78, 5) is 0. The third-order valence-corrected chi connectivity index (χ3v) is 5.38. The molecule has 0 spiro atoms. The maximum atomic E-state index is 5.98. The van der Waals surface area contributed by atoms with E-state index in [0.717, 1.165) is 12.5 Å². The summed E-state index contributed by atoms with van der Waals surface area (Å²) in [5, 5.41) is 0. The third kappa shape index (κ3) is 7.12. The molecule has 0 aliphatic rings. The van der Waals surface area contributed by atoms with Gasteiger partial charge >= 0.3 is 8.80 Å². The number of hydrogen-bond donors (Lipinski definition) is 1. The Bertz CT molecular complexity index is 177. The Morgan fingerprint density at radius 2 is 1.76 bits per heavy atom. The first-order valence-corrected chi connectivity index (χ1v) is 8.22. The predicted octanol–water partition coefficient (Wildman–Crippen LogP) is 1.40. The smallest absolute Gasteiger partial charge is 0.382 e. The highest BCUT2D eigenvalue weighted by Gasteiger charge is 2.41. The minimum atomic E-state index is -2.58. The van der Waals surface area contributed by atoms with Crippen molar-refractivity contribution >= 4 is 8.80 Å². The van der Waals surface area contributed by atoms with Crippen LogP contribution in [0.3, 0.4) is 0 Å². The summed E-state index contributed by atoms with van der Waals surface area (Å²) in [5.74, 6) is 0. The molecule has 0 radical (unpaired) electrons. The van der Waals surface area contributed by atoms with Gasteiger partial charge in [0.2, 0.25) is 0 Å². The first-order chi connectivity index (χ1) is 8.14. The topological polar surface area (TPSA) is 62.9 Å². The van der Waals surface area contributed by atoms with Gasteiger partial charge in [-0.15, -0.1) is 0 Å². The minimum Gasteiger partial charge on any atom is -0.382 e. The average Bonchev–Trinajstić information content (AvgIpc) is 2.27. The molecule has 0 fully saturated rings. The molecule has 0 aromatic carbocycles. The monoisotopic (exact) mass is 265 g/mol. The van der Waals surface area contributed by atoms with Crippen LogP contribution in [0.4, 0.5) is 0 Å². The highest BCUT2D eigenvalue weighted by Crippen LogP contribution is 2.19. The van der Waals surface area contributed by atoms with Crippen molar-refractivity contribution in [3.63, 3.8) is 0 Å². The van der Waals surface area contributed by atoms with Gasteiger partial charge < -0.3 is 23.7 Å². The second kappa shape index (κ2) is 9.99. The van der Waals surface area contributed by atoms with Crippen molar-refractivity contribution in [2.45, 2.75) is 39.3 Å². The van der Waals surface area contributed by atoms with Crippen molar-refractivity contribution in [2.75, 3.05) is 33.5 Å². The molecular formula is C11H27NO4Si. The number of ether oxygens (including phenoxy) is 1. The maximum absolute atomic E-state index is 5.98. The lowest BCUT2D eigenvalue weighted by Crippen LogP contribution is -2.49. The number of methoxy groups -OCH3 is 1. The first-order valence-electron chi connectivity index (χ1n) is 6.28. The van der Waals surface area contributed by atoms with Crippen LogP contribution in [-0.2, 0) is 18.0 Å². The van der Waals surface area contributed by atoms with Crippen molar-refractivity contribution in [1.29, 1.82) is 0 Å². The molecule has 1 atom stereocenters. The van der Waals surface area contributed by atoms with Gasteiger partial charge in [0.15, 0.2) is 0 Å². The Morgan fingerprint density at radius 3 is 2.18 bits per heavy atom. The van der Waals surface area contributed by atoms with Crippen LogP contribution in [-0.4, -0.2) is 48.4 Å². The lowest BCUT2D eigenvalue weighted by Gasteiger charge is -2.31. The van der Waals surface area contributed by atoms with Gasteiger partial charge in [0, 0.05) is 26.4 Å². The lowest BCUT2D eigenvalue weighted by molar-refractivity contribution is 0.00701. The van der Waals surface area contributed by atoms with E-state index in [1.165, 1.54) is 0 Å². The van der Waals surface area contributed by atoms with Crippen LogP contribution in [0.5, 0.6) is 0 Å². The Hall–Kier alpha value is 0.0169. The van der Waals surface area contributed by atoms with E-state index in [1.54, 1.807) is 7.11 Å². The van der Waals surface area contributed by atoms with Gasteiger partial charge in [-0.05, 0) is 33.7 Å². The quantitative estimate of drug-likeness (QED) is 0.572. The Balaban J connectivity index is 4.50. The number of rotatable bonds is 11. The van der Waals surface area contributed by atoms with Crippen molar-refractivity contribution in [2.24, 2.45) is 5.73 Å². The molecule has 0 amide bonds. The van der Waals surface area contributed by atoms with E-state index < -0.39 is 8.80 Å². The van der Waals surface area contributed by atoms with Crippen LogP contribution in [0.15, 0.2) is 0 Å². The molecule has 17 heavy (non-hydrogen) atoms. The van der Waals surface area contributed by atoms with E-state index in [-0.39, 0.29) is 6.10 Å². The van der Waals surface area contributed by atoms with Crippen molar-refractivity contribution in [3.05, 3.63) is 0 Å². The Labute approximate surface area is 106 Å². The van der Waals surface area contributed by atoms with E-state index in [4.69, 9.17) is 23.7 Å². The van der Waals surface area contributed by atoms with Crippen LogP contribution in [0.2, 0.25) is 6.04 Å². The van der Waals surface area contributed by atoms with E-state index in [9.17, 15) is 0 Å². The average molecular weight is 265 g/mol. The lowest BCUT2D eigenvalue weighted by atomic mass is 10.5. The molecule has 0 aliphatic carbocycles. The summed E-state index contributed by atoms with van der Waals surface area (Å²) < 4.78 is 22.6. The molecule has 0 aromatic rings. The zero-order valence-electron chi connectivity index (χ0n) is 11.5. The fourth-order valence-corrected chi connectivity index (χ4v) is 4.47. The summed E-state index contributed by atoms with van der Waals surface area (Å²) in [7, 11) is -0.920. The molecule has 2 N–H and O–H groups in total. The number of hydrogen-bond acceptors (Lipinski definition) is 5. The minimum absolute atomic E-state index is 0.0254. The van der Waals surface area contributed by atoms with Crippen molar-refractivity contribution < 1.29 is 18.0 Å². The van der Waals surface area contributed by atoms with Crippen LogP contribution < -0.4 is 5.73 Å². The van der Waals surface area contributed by atoms with E-state index >= 15 is 0 Å². The van der Waals surface area contributed by atoms with Crippen LogP contribution >= 0.6 is 0 Å². The molecule has 0 rings (SSSR count). The zero-order chi connectivity index (χ0) is 13.1. The van der Waals surface area contributed by atoms with Gasteiger partial charge in [0.05, 0.1) is 12.7 Å². The molecule has 0 bridgehead atoms. The van der Waals surface area contributed by atoms with Crippen LogP contribution in [0.1, 0.15) is 27.2 Å². The molecular weight excluding hydrogens is 238 g/mol. The fraction of sp³-hybridized carbons (Fsp3) is 1.00. The summed E-state index contributed by atoms with van der Waals surface area (Å²) in [6, 6.07) is 0.763. The summed E-state index contributed by atoms with van der Waals surface area (Å²) >= 11 is 0. The molecule has 0 aromatic heterocycles. The van der Waals surface area contributed by atoms with Crippen LogP contribution in [0.25, 0.3) is 0 Å². The molecule has 0 aliphatic heterocycles. The summed E-state index contributed by atoms with van der Waals surface area (Å²) in [5.41, 5.74) is 5.55. The van der Waals surface area contributed by atoms with Gasteiger partial charge in [-0.2, -0.15) is 0 Å². The summed E-state index contributed by atoms with van der Waals surface area (Å²) in [6.07, 6.45) is 0.828. The molecule has 0 saturated heterocycles. The molecule has 0 heterocycles. The molecule has 0 saturated carbocycles. The van der Waals surface area contributed by atoms with E-state index in [1.807, 2.05) is 20.8 Å². The SMILES string of the molecule is CCO[Si](CCCN)(OCC)OC(C)COC. The van der Waals surface area contributed by atoms with Gasteiger partial charge in [-0.25, -0.2) is 0 Å². The zero-order valence-corrected chi connectivity index (χ0v) is 12.5. The normalized spacial score (nSPS) is 13.9. The maximum Gasteiger partial charge on any atom is 0.501 e. The standard InChI is InChI=1S/C11H27NO4Si/c1-5-14-17(15-6-2,9-7-8-12)16-11(3)10-13-4/h11H,5-10,12H2,1-4H3. The first kappa shape index (κ1) is 17.0. The van der Waals surface area contributed by atoms with Gasteiger partial charge in [0.1, 0.15) is 0 Å². The molecule has 104 valence electrons. The van der Waals surface area contributed by atoms with Gasteiger partial charge in [-0.1, -0.05) is 0 Å². The van der Waals surface area contributed by atoms with Crippen LogP contribution in [0, 0.1) is 0 Å². The van der Waals surface area contributed by atoms with Crippen molar-refractivity contribution in [1.82, 2.24) is 0 Å². The third-order valence-electron chi connectivity index (χ3n) is 2.20. The Kier molecular flexibility index (Phi) is 10.00. The second-order valence-corrected chi connectivity index (χ2v) is 6.50. The van der Waals surface area contributed by atoms with Gasteiger partial charge in [-0.3, -0.25) is 0 Å². The molecule has 5 nitrogen and oxygen atoms in total. The van der Waals surface area contributed by atoms with Crippen molar-refractivity contribution in [3.8, 4) is 0 Å². The number of nitrogens with two attached hydrogens (primary N) is 1. The fourth-order valence-electron chi connectivity index (χ4n) is 1.65. The Morgan fingerprint density at radius 1 is 1.18 bits per heavy atom. The molecule has 1 unspecified atom stereocenters. The highest BCUT2D eigenvalue weighted by molar-refractivity contribution is 6.60. The van der Waals surface area contributed by atoms with E-state index in [2.05, 4.69) is 0 Å². The van der Waals surface area contributed by atoms with E-state index in [0.29, 0.717) is 26.4 Å². The predicted molar refractivity (Wildman–Crippen MR) is 69.9 cm³/mol. The summed E-state index contributed by atoms with van der Waals surface area (Å²) in [6.45, 7) is 8.22. The largest absolute Gasteiger partial charge is 0.501 e. The van der Waals surface area contributed by atoms with Gasteiger partial charge in [0.25, 0.3) is 0 Å². The molecule has 6 heteroatoms.